The average Bonchev–Trinajstić information content (AvgIpc) is 2.42. The van der Waals surface area contributed by atoms with Crippen molar-refractivity contribution in [2.24, 2.45) is 5.92 Å². The highest BCUT2D eigenvalue weighted by Gasteiger charge is 2.28. The van der Waals surface area contributed by atoms with E-state index in [2.05, 4.69) is 35.2 Å². The lowest BCUT2D eigenvalue weighted by Gasteiger charge is -2.37. The molecule has 0 bridgehead atoms. The van der Waals surface area contributed by atoms with E-state index in [-0.39, 0.29) is 12.7 Å². The van der Waals surface area contributed by atoms with Gasteiger partial charge in [-0.25, -0.2) is 0 Å². The fourth-order valence-electron chi connectivity index (χ4n) is 2.78. The van der Waals surface area contributed by atoms with E-state index < -0.39 is 0 Å². The van der Waals surface area contributed by atoms with Gasteiger partial charge in [-0.3, -0.25) is 4.90 Å². The summed E-state index contributed by atoms with van der Waals surface area (Å²) in [7, 11) is 1.78. The molecule has 1 aromatic rings. The van der Waals surface area contributed by atoms with Gasteiger partial charge in [0.1, 0.15) is 0 Å². The van der Waals surface area contributed by atoms with Crippen LogP contribution in [0.2, 0.25) is 0 Å². The van der Waals surface area contributed by atoms with Crippen LogP contribution < -0.4 is 0 Å². The highest BCUT2D eigenvalue weighted by Crippen LogP contribution is 2.24. The quantitative estimate of drug-likeness (QED) is 0.865. The van der Waals surface area contributed by atoms with Crippen LogP contribution in [0.3, 0.4) is 0 Å². The number of hydrogen-bond donors (Lipinski definition) is 1. The molecule has 0 amide bonds. The standard InChI is InChI=1S/C15H23NO2/c1-18-15-12-16(9-7-14(15)8-10-17)11-13-5-3-2-4-6-13/h2-6,14-15,17H,7-12H2,1H3/t14-,15-/m1/s1. The maximum atomic E-state index is 9.06. The van der Waals surface area contributed by atoms with E-state index in [1.807, 2.05) is 0 Å². The number of piperidine rings is 1. The van der Waals surface area contributed by atoms with Gasteiger partial charge in [0.25, 0.3) is 0 Å². The number of benzene rings is 1. The molecule has 1 aliphatic heterocycles. The summed E-state index contributed by atoms with van der Waals surface area (Å²) in [4.78, 5) is 2.44. The van der Waals surface area contributed by atoms with Crippen molar-refractivity contribution in [1.29, 1.82) is 0 Å². The van der Waals surface area contributed by atoms with E-state index in [0.29, 0.717) is 5.92 Å². The zero-order valence-corrected chi connectivity index (χ0v) is 11.1. The lowest BCUT2D eigenvalue weighted by Crippen LogP contribution is -2.44. The van der Waals surface area contributed by atoms with E-state index in [0.717, 1.165) is 32.5 Å². The van der Waals surface area contributed by atoms with E-state index in [4.69, 9.17) is 9.84 Å². The normalized spacial score (nSPS) is 25.2. The van der Waals surface area contributed by atoms with Gasteiger partial charge in [0, 0.05) is 26.8 Å². The number of aliphatic hydroxyl groups is 1. The molecule has 1 heterocycles. The minimum Gasteiger partial charge on any atom is -0.396 e. The molecule has 1 aromatic carbocycles. The summed E-state index contributed by atoms with van der Waals surface area (Å²) in [6.07, 6.45) is 2.23. The Morgan fingerprint density at radius 1 is 1.33 bits per heavy atom. The van der Waals surface area contributed by atoms with Crippen LogP contribution in [-0.2, 0) is 11.3 Å². The maximum absolute atomic E-state index is 9.06. The second-order valence-electron chi connectivity index (χ2n) is 5.06. The Morgan fingerprint density at radius 3 is 2.78 bits per heavy atom. The second-order valence-corrected chi connectivity index (χ2v) is 5.06. The zero-order chi connectivity index (χ0) is 12.8. The minimum atomic E-state index is 0.259. The van der Waals surface area contributed by atoms with Crippen LogP contribution in [0.5, 0.6) is 0 Å². The molecule has 100 valence electrons. The predicted molar refractivity (Wildman–Crippen MR) is 72.3 cm³/mol. The Hall–Kier alpha value is -0.900. The van der Waals surface area contributed by atoms with Gasteiger partial charge in [0.15, 0.2) is 0 Å². The van der Waals surface area contributed by atoms with Crippen LogP contribution in [0, 0.1) is 5.92 Å². The van der Waals surface area contributed by atoms with Crippen LogP contribution in [0.25, 0.3) is 0 Å². The van der Waals surface area contributed by atoms with Crippen molar-refractivity contribution >= 4 is 0 Å². The Morgan fingerprint density at radius 2 is 2.11 bits per heavy atom. The van der Waals surface area contributed by atoms with E-state index in [9.17, 15) is 0 Å². The molecular weight excluding hydrogens is 226 g/mol. The van der Waals surface area contributed by atoms with Crippen molar-refractivity contribution in [3.63, 3.8) is 0 Å². The van der Waals surface area contributed by atoms with Crippen LogP contribution in [0.1, 0.15) is 18.4 Å². The summed E-state index contributed by atoms with van der Waals surface area (Å²) >= 11 is 0. The summed E-state index contributed by atoms with van der Waals surface area (Å²) in [6, 6.07) is 10.6. The molecule has 0 aromatic heterocycles. The molecule has 0 unspecified atom stereocenters. The van der Waals surface area contributed by atoms with Crippen molar-refractivity contribution in [2.75, 3.05) is 26.8 Å². The lowest BCUT2D eigenvalue weighted by molar-refractivity contribution is -0.0210. The lowest BCUT2D eigenvalue weighted by atomic mass is 9.90. The third-order valence-corrected chi connectivity index (χ3v) is 3.83. The van der Waals surface area contributed by atoms with Crippen LogP contribution in [-0.4, -0.2) is 42.9 Å². The summed E-state index contributed by atoms with van der Waals surface area (Å²) in [6.45, 7) is 3.32. The molecule has 2 atom stereocenters. The fraction of sp³-hybridized carbons (Fsp3) is 0.600. The molecule has 0 saturated carbocycles. The smallest absolute Gasteiger partial charge is 0.0727 e. The van der Waals surface area contributed by atoms with Crippen molar-refractivity contribution in [3.8, 4) is 0 Å². The van der Waals surface area contributed by atoms with E-state index in [1.165, 1.54) is 5.56 Å². The third-order valence-electron chi connectivity index (χ3n) is 3.83. The van der Waals surface area contributed by atoms with Gasteiger partial charge in [0.05, 0.1) is 6.10 Å². The Bertz CT molecular complexity index is 342. The number of rotatable bonds is 5. The van der Waals surface area contributed by atoms with E-state index in [1.54, 1.807) is 7.11 Å². The molecule has 0 spiro atoms. The first kappa shape index (κ1) is 13.5. The van der Waals surface area contributed by atoms with Gasteiger partial charge in [-0.15, -0.1) is 0 Å². The van der Waals surface area contributed by atoms with Gasteiger partial charge in [-0.2, -0.15) is 0 Å². The molecule has 18 heavy (non-hydrogen) atoms. The molecule has 3 heteroatoms. The number of hydrogen-bond acceptors (Lipinski definition) is 3. The molecule has 1 fully saturated rings. The Kier molecular flexibility index (Phi) is 5.17. The van der Waals surface area contributed by atoms with Crippen LogP contribution in [0.4, 0.5) is 0 Å². The number of aliphatic hydroxyl groups excluding tert-OH is 1. The van der Waals surface area contributed by atoms with Crippen molar-refractivity contribution in [1.82, 2.24) is 4.90 Å². The monoisotopic (exact) mass is 249 g/mol. The highest BCUT2D eigenvalue weighted by molar-refractivity contribution is 5.14. The summed E-state index contributed by atoms with van der Waals surface area (Å²) < 4.78 is 5.57. The van der Waals surface area contributed by atoms with Gasteiger partial charge in [-0.05, 0) is 30.9 Å². The average molecular weight is 249 g/mol. The first-order valence-electron chi connectivity index (χ1n) is 6.73. The summed E-state index contributed by atoms with van der Waals surface area (Å²) in [5.74, 6) is 0.507. The van der Waals surface area contributed by atoms with Crippen LogP contribution in [0.15, 0.2) is 30.3 Å². The zero-order valence-electron chi connectivity index (χ0n) is 11.1. The Balaban J connectivity index is 1.89. The van der Waals surface area contributed by atoms with Gasteiger partial charge in [0.2, 0.25) is 0 Å². The number of nitrogens with zero attached hydrogens (tertiary/aromatic N) is 1. The Labute approximate surface area is 109 Å². The third kappa shape index (κ3) is 3.55. The molecule has 0 radical (unpaired) electrons. The number of likely N-dealkylation sites (tertiary alicyclic amines) is 1. The van der Waals surface area contributed by atoms with E-state index >= 15 is 0 Å². The molecule has 1 saturated heterocycles. The van der Waals surface area contributed by atoms with Crippen molar-refractivity contribution < 1.29 is 9.84 Å². The predicted octanol–water partition coefficient (Wildman–Crippen LogP) is 1.91. The van der Waals surface area contributed by atoms with Crippen molar-refractivity contribution in [3.05, 3.63) is 35.9 Å². The molecule has 3 nitrogen and oxygen atoms in total. The minimum absolute atomic E-state index is 0.259. The van der Waals surface area contributed by atoms with Crippen LogP contribution >= 0.6 is 0 Å². The molecule has 1 aliphatic rings. The van der Waals surface area contributed by atoms with Crippen molar-refractivity contribution in [2.45, 2.75) is 25.5 Å². The second kappa shape index (κ2) is 6.88. The molecule has 0 aliphatic carbocycles. The summed E-state index contributed by atoms with van der Waals surface area (Å²) in [5.41, 5.74) is 1.35. The largest absolute Gasteiger partial charge is 0.396 e. The first-order chi connectivity index (χ1) is 8.83. The summed E-state index contributed by atoms with van der Waals surface area (Å²) in [5, 5.41) is 9.06. The molecular formula is C15H23NO2. The topological polar surface area (TPSA) is 32.7 Å². The first-order valence-corrected chi connectivity index (χ1v) is 6.73. The van der Waals surface area contributed by atoms with Gasteiger partial charge in [-0.1, -0.05) is 30.3 Å². The molecule has 2 rings (SSSR count). The van der Waals surface area contributed by atoms with Gasteiger partial charge >= 0.3 is 0 Å². The fourth-order valence-corrected chi connectivity index (χ4v) is 2.78. The highest BCUT2D eigenvalue weighted by atomic mass is 16.5. The number of ether oxygens (including phenoxy) is 1. The molecule has 1 N–H and O–H groups in total. The maximum Gasteiger partial charge on any atom is 0.0727 e. The van der Waals surface area contributed by atoms with Gasteiger partial charge < -0.3 is 9.84 Å². The SMILES string of the molecule is CO[C@@H]1CN(Cc2ccccc2)CC[C@@H]1CCO. The number of methoxy groups -OCH3 is 1.